The van der Waals surface area contributed by atoms with Gasteiger partial charge < -0.3 is 5.32 Å². The molecule has 2 aromatic rings. The fourth-order valence-electron chi connectivity index (χ4n) is 1.45. The quantitative estimate of drug-likeness (QED) is 0.850. The highest BCUT2D eigenvalue weighted by Gasteiger charge is 1.97. The maximum Gasteiger partial charge on any atom is 0.125 e. The van der Waals surface area contributed by atoms with Gasteiger partial charge in [0.25, 0.3) is 0 Å². The van der Waals surface area contributed by atoms with Crippen molar-refractivity contribution in [1.82, 2.24) is 15.0 Å². The summed E-state index contributed by atoms with van der Waals surface area (Å²) in [5, 5.41) is 3.28. The van der Waals surface area contributed by atoms with Crippen LogP contribution in [0.2, 0.25) is 0 Å². The molecule has 0 aliphatic heterocycles. The molecule has 0 unspecified atom stereocenters. The van der Waals surface area contributed by atoms with E-state index in [0.29, 0.717) is 6.54 Å². The molecule has 0 spiro atoms. The van der Waals surface area contributed by atoms with Crippen molar-refractivity contribution < 1.29 is 0 Å². The van der Waals surface area contributed by atoms with Gasteiger partial charge in [-0.25, -0.2) is 9.97 Å². The lowest BCUT2D eigenvalue weighted by Gasteiger charge is -2.06. The third-order valence-electron chi connectivity index (χ3n) is 2.18. The van der Waals surface area contributed by atoms with E-state index >= 15 is 0 Å². The number of pyridine rings is 1. The zero-order valence-electron chi connectivity index (χ0n) is 9.44. The summed E-state index contributed by atoms with van der Waals surface area (Å²) in [6, 6.07) is 3.96. The Hall–Kier alpha value is -1.97. The van der Waals surface area contributed by atoms with E-state index < -0.39 is 0 Å². The molecule has 16 heavy (non-hydrogen) atoms. The molecule has 0 aliphatic rings. The number of nitrogens with one attached hydrogen (secondary N) is 1. The average molecular weight is 214 g/mol. The smallest absolute Gasteiger partial charge is 0.125 e. The normalized spacial score (nSPS) is 10.1. The molecule has 4 nitrogen and oxygen atoms in total. The van der Waals surface area contributed by atoms with Crippen molar-refractivity contribution in [3.8, 4) is 0 Å². The van der Waals surface area contributed by atoms with E-state index in [1.807, 2.05) is 26.1 Å². The van der Waals surface area contributed by atoms with Crippen LogP contribution in [0.15, 0.2) is 30.7 Å². The lowest BCUT2D eigenvalue weighted by atomic mass is 10.3. The van der Waals surface area contributed by atoms with Crippen LogP contribution in [-0.4, -0.2) is 15.0 Å². The van der Waals surface area contributed by atoms with Crippen molar-refractivity contribution in [1.29, 1.82) is 0 Å². The second-order valence-corrected chi connectivity index (χ2v) is 3.70. The highest BCUT2D eigenvalue weighted by atomic mass is 14.9. The molecule has 0 atom stereocenters. The minimum Gasteiger partial charge on any atom is -0.378 e. The van der Waals surface area contributed by atoms with Crippen molar-refractivity contribution in [2.24, 2.45) is 0 Å². The Kier molecular flexibility index (Phi) is 3.10. The van der Waals surface area contributed by atoms with Gasteiger partial charge >= 0.3 is 0 Å². The number of aryl methyl sites for hydroxylation is 2. The van der Waals surface area contributed by atoms with Gasteiger partial charge in [-0.1, -0.05) is 0 Å². The van der Waals surface area contributed by atoms with Crippen LogP contribution in [0.5, 0.6) is 0 Å². The summed E-state index contributed by atoms with van der Waals surface area (Å²) < 4.78 is 0. The maximum atomic E-state index is 4.32. The first-order valence-electron chi connectivity index (χ1n) is 5.18. The predicted molar refractivity (Wildman–Crippen MR) is 63.1 cm³/mol. The van der Waals surface area contributed by atoms with Gasteiger partial charge in [-0.3, -0.25) is 4.98 Å². The van der Waals surface area contributed by atoms with Gasteiger partial charge in [0, 0.05) is 18.6 Å². The number of rotatable bonds is 3. The topological polar surface area (TPSA) is 50.7 Å². The molecular weight excluding hydrogens is 200 g/mol. The van der Waals surface area contributed by atoms with Crippen LogP contribution >= 0.6 is 0 Å². The van der Waals surface area contributed by atoms with Gasteiger partial charge in [0.1, 0.15) is 5.82 Å². The number of nitrogens with zero attached hydrogens (tertiary/aromatic N) is 3. The summed E-state index contributed by atoms with van der Waals surface area (Å²) in [4.78, 5) is 12.5. The third-order valence-corrected chi connectivity index (χ3v) is 2.18. The third kappa shape index (κ3) is 2.76. The number of anilines is 1. The summed E-state index contributed by atoms with van der Waals surface area (Å²) in [5.74, 6) is 0.793. The molecule has 0 radical (unpaired) electrons. The highest BCUT2D eigenvalue weighted by molar-refractivity contribution is 5.42. The second-order valence-electron chi connectivity index (χ2n) is 3.70. The van der Waals surface area contributed by atoms with Crippen molar-refractivity contribution >= 4 is 5.69 Å². The lowest BCUT2D eigenvalue weighted by Crippen LogP contribution is -2.03. The summed E-state index contributed by atoms with van der Waals surface area (Å²) in [6.45, 7) is 4.60. The number of aromatic nitrogens is 3. The molecule has 2 rings (SSSR count). The minimum atomic E-state index is 0.689. The average Bonchev–Trinajstić information content (AvgIpc) is 2.27. The van der Waals surface area contributed by atoms with E-state index in [1.54, 1.807) is 12.4 Å². The molecule has 0 saturated carbocycles. The van der Waals surface area contributed by atoms with Crippen LogP contribution in [-0.2, 0) is 6.54 Å². The monoisotopic (exact) mass is 214 g/mol. The summed E-state index contributed by atoms with van der Waals surface area (Å²) in [5.41, 5.74) is 3.13. The largest absolute Gasteiger partial charge is 0.378 e. The standard InChI is InChI=1S/C12H14N4/c1-9-5-12(7-13-6-9)15-8-11-3-4-14-10(2)16-11/h3-7,15H,8H2,1-2H3. The molecule has 0 saturated heterocycles. The van der Waals surface area contributed by atoms with Crippen LogP contribution in [0.4, 0.5) is 5.69 Å². The summed E-state index contributed by atoms with van der Waals surface area (Å²) in [7, 11) is 0. The van der Waals surface area contributed by atoms with Crippen molar-refractivity contribution in [3.63, 3.8) is 0 Å². The Morgan fingerprint density at radius 2 is 2.12 bits per heavy atom. The van der Waals surface area contributed by atoms with E-state index in [0.717, 1.165) is 22.8 Å². The molecule has 1 N–H and O–H groups in total. The second kappa shape index (κ2) is 4.70. The van der Waals surface area contributed by atoms with E-state index in [9.17, 15) is 0 Å². The fourth-order valence-corrected chi connectivity index (χ4v) is 1.45. The van der Waals surface area contributed by atoms with Crippen LogP contribution < -0.4 is 5.32 Å². The number of hydrogen-bond acceptors (Lipinski definition) is 4. The summed E-state index contributed by atoms with van der Waals surface area (Å²) in [6.07, 6.45) is 5.41. The van der Waals surface area contributed by atoms with Crippen LogP contribution in [0.1, 0.15) is 17.1 Å². The van der Waals surface area contributed by atoms with Crippen LogP contribution in [0.25, 0.3) is 0 Å². The Labute approximate surface area is 94.8 Å². The molecule has 0 amide bonds. The first-order valence-corrected chi connectivity index (χ1v) is 5.18. The van der Waals surface area contributed by atoms with Gasteiger partial charge in [-0.05, 0) is 31.5 Å². The Morgan fingerprint density at radius 1 is 1.25 bits per heavy atom. The maximum absolute atomic E-state index is 4.32. The first kappa shape index (κ1) is 10.5. The summed E-state index contributed by atoms with van der Waals surface area (Å²) >= 11 is 0. The SMILES string of the molecule is Cc1cncc(NCc2ccnc(C)n2)c1. The molecule has 4 heteroatoms. The van der Waals surface area contributed by atoms with Gasteiger partial charge in [0.2, 0.25) is 0 Å². The zero-order chi connectivity index (χ0) is 11.4. The van der Waals surface area contributed by atoms with E-state index in [-0.39, 0.29) is 0 Å². The Balaban J connectivity index is 2.02. The molecule has 0 bridgehead atoms. The van der Waals surface area contributed by atoms with Crippen LogP contribution in [0, 0.1) is 13.8 Å². The Bertz CT molecular complexity index is 436. The number of hydrogen-bond donors (Lipinski definition) is 1. The van der Waals surface area contributed by atoms with E-state index in [2.05, 4.69) is 26.3 Å². The van der Waals surface area contributed by atoms with Gasteiger partial charge in [0.05, 0.1) is 17.9 Å². The zero-order valence-corrected chi connectivity index (χ0v) is 9.44. The minimum absolute atomic E-state index is 0.689. The Morgan fingerprint density at radius 3 is 2.88 bits per heavy atom. The highest BCUT2D eigenvalue weighted by Crippen LogP contribution is 2.08. The van der Waals surface area contributed by atoms with E-state index in [4.69, 9.17) is 0 Å². The molecule has 0 fully saturated rings. The fraction of sp³-hybridized carbons (Fsp3) is 0.250. The first-order chi connectivity index (χ1) is 7.74. The predicted octanol–water partition coefficient (Wildman–Crippen LogP) is 2.10. The molecule has 2 aromatic heterocycles. The van der Waals surface area contributed by atoms with Gasteiger partial charge in [-0.2, -0.15) is 0 Å². The van der Waals surface area contributed by atoms with Gasteiger partial charge in [-0.15, -0.1) is 0 Å². The molecule has 0 aromatic carbocycles. The van der Waals surface area contributed by atoms with E-state index in [1.165, 1.54) is 0 Å². The van der Waals surface area contributed by atoms with Crippen molar-refractivity contribution in [2.45, 2.75) is 20.4 Å². The van der Waals surface area contributed by atoms with Crippen molar-refractivity contribution in [3.05, 3.63) is 47.8 Å². The molecule has 82 valence electrons. The molecular formula is C12H14N4. The molecule has 0 aliphatic carbocycles. The van der Waals surface area contributed by atoms with Gasteiger partial charge in [0.15, 0.2) is 0 Å². The molecule has 2 heterocycles. The lowest BCUT2D eigenvalue weighted by molar-refractivity contribution is 0.954. The van der Waals surface area contributed by atoms with Crippen molar-refractivity contribution in [2.75, 3.05) is 5.32 Å². The van der Waals surface area contributed by atoms with Crippen LogP contribution in [0.3, 0.4) is 0 Å².